The van der Waals surface area contributed by atoms with Crippen molar-refractivity contribution in [3.63, 3.8) is 0 Å². The highest BCUT2D eigenvalue weighted by Crippen LogP contribution is 2.21. The third kappa shape index (κ3) is 4.20. The summed E-state index contributed by atoms with van der Waals surface area (Å²) in [6.07, 6.45) is 0. The second kappa shape index (κ2) is 7.75. The first-order chi connectivity index (χ1) is 11.4. The molecule has 0 bridgehead atoms. The van der Waals surface area contributed by atoms with Crippen molar-refractivity contribution in [2.75, 3.05) is 18.9 Å². The van der Waals surface area contributed by atoms with Crippen LogP contribution >= 0.6 is 0 Å². The number of anilines is 1. The molecule has 5 heteroatoms. The number of amides is 2. The van der Waals surface area contributed by atoms with E-state index >= 15 is 0 Å². The quantitative estimate of drug-likeness (QED) is 0.856. The molecule has 126 valence electrons. The number of carbonyl (C=O) groups excluding carboxylic acids is 2. The highest BCUT2D eigenvalue weighted by molar-refractivity contribution is 5.94. The second-order valence-corrected chi connectivity index (χ2v) is 5.95. The van der Waals surface area contributed by atoms with Crippen LogP contribution in [0, 0.1) is 13.8 Å². The van der Waals surface area contributed by atoms with Crippen LogP contribution in [-0.2, 0) is 9.59 Å². The number of aryl methyl sites for hydroxylation is 2. The van der Waals surface area contributed by atoms with Crippen LogP contribution in [0.4, 0.5) is 5.69 Å². The minimum atomic E-state index is -0.644. The minimum absolute atomic E-state index is 0.0657. The molecule has 2 aromatic carbocycles. The van der Waals surface area contributed by atoms with Gasteiger partial charge >= 0.3 is 0 Å². The van der Waals surface area contributed by atoms with E-state index in [2.05, 4.69) is 5.32 Å². The van der Waals surface area contributed by atoms with Crippen molar-refractivity contribution in [3.8, 4) is 0 Å². The zero-order valence-corrected chi connectivity index (χ0v) is 14.2. The van der Waals surface area contributed by atoms with Gasteiger partial charge in [-0.15, -0.1) is 0 Å². The van der Waals surface area contributed by atoms with Gasteiger partial charge in [0.2, 0.25) is 11.8 Å². The summed E-state index contributed by atoms with van der Waals surface area (Å²) in [5, 5.41) is 2.92. The summed E-state index contributed by atoms with van der Waals surface area (Å²) in [4.78, 5) is 25.9. The van der Waals surface area contributed by atoms with E-state index < -0.39 is 11.9 Å². The summed E-state index contributed by atoms with van der Waals surface area (Å²) in [5.41, 5.74) is 9.12. The largest absolute Gasteiger partial charge is 0.368 e. The second-order valence-electron chi connectivity index (χ2n) is 5.95. The minimum Gasteiger partial charge on any atom is -0.368 e. The van der Waals surface area contributed by atoms with Crippen molar-refractivity contribution in [1.82, 2.24) is 4.90 Å². The van der Waals surface area contributed by atoms with E-state index in [0.29, 0.717) is 0 Å². The van der Waals surface area contributed by atoms with Crippen LogP contribution in [0.1, 0.15) is 22.7 Å². The van der Waals surface area contributed by atoms with Crippen molar-refractivity contribution in [3.05, 3.63) is 65.2 Å². The Balaban J connectivity index is 2.11. The maximum absolute atomic E-state index is 12.4. The fraction of sp³-hybridized carbons (Fsp3) is 0.263. The predicted octanol–water partition coefficient (Wildman–Crippen LogP) is 2.40. The lowest BCUT2D eigenvalue weighted by Gasteiger charge is -2.25. The van der Waals surface area contributed by atoms with E-state index in [1.54, 1.807) is 11.9 Å². The standard InChI is InChI=1S/C19H23N3O2/c1-13-8-7-9-14(2)17(13)21-16(23)12-22(3)18(19(20)24)15-10-5-4-6-11-15/h4-11,18H,12H2,1-3H3,(H2,20,24)(H,21,23). The van der Waals surface area contributed by atoms with Crippen LogP contribution in [0.15, 0.2) is 48.5 Å². The van der Waals surface area contributed by atoms with E-state index in [0.717, 1.165) is 22.4 Å². The Bertz CT molecular complexity index is 708. The molecule has 1 unspecified atom stereocenters. The summed E-state index contributed by atoms with van der Waals surface area (Å²) in [6.45, 7) is 3.96. The number of nitrogens with zero attached hydrogens (tertiary/aromatic N) is 1. The maximum Gasteiger partial charge on any atom is 0.239 e. The molecule has 0 saturated carbocycles. The molecule has 0 aliphatic rings. The number of nitrogens with two attached hydrogens (primary N) is 1. The number of carbonyl (C=O) groups is 2. The van der Waals surface area contributed by atoms with Gasteiger partial charge in [-0.2, -0.15) is 0 Å². The molecule has 24 heavy (non-hydrogen) atoms. The lowest BCUT2D eigenvalue weighted by molar-refractivity contribution is -0.124. The Morgan fingerprint density at radius 1 is 1.04 bits per heavy atom. The molecule has 2 aromatic rings. The summed E-state index contributed by atoms with van der Waals surface area (Å²) >= 11 is 0. The molecule has 1 atom stereocenters. The summed E-state index contributed by atoms with van der Waals surface area (Å²) in [7, 11) is 1.71. The van der Waals surface area contributed by atoms with E-state index in [1.807, 2.05) is 62.4 Å². The smallest absolute Gasteiger partial charge is 0.239 e. The highest BCUT2D eigenvalue weighted by atomic mass is 16.2. The number of rotatable bonds is 6. The fourth-order valence-electron chi connectivity index (χ4n) is 2.78. The topological polar surface area (TPSA) is 75.4 Å². The summed E-state index contributed by atoms with van der Waals surface area (Å²) in [6, 6.07) is 14.4. The Morgan fingerprint density at radius 3 is 2.17 bits per heavy atom. The Morgan fingerprint density at radius 2 is 1.62 bits per heavy atom. The molecule has 0 fully saturated rings. The maximum atomic E-state index is 12.4. The fourth-order valence-corrected chi connectivity index (χ4v) is 2.78. The molecule has 0 aromatic heterocycles. The molecular formula is C19H23N3O2. The van der Waals surface area contributed by atoms with Crippen molar-refractivity contribution in [1.29, 1.82) is 0 Å². The van der Waals surface area contributed by atoms with Gasteiger partial charge in [0.05, 0.1) is 6.54 Å². The van der Waals surface area contributed by atoms with Crippen molar-refractivity contribution in [2.45, 2.75) is 19.9 Å². The SMILES string of the molecule is Cc1cccc(C)c1NC(=O)CN(C)C(C(N)=O)c1ccccc1. The zero-order chi connectivity index (χ0) is 17.7. The van der Waals surface area contributed by atoms with E-state index in [-0.39, 0.29) is 12.5 Å². The number of nitrogens with one attached hydrogen (secondary N) is 1. The number of hydrogen-bond donors (Lipinski definition) is 2. The van der Waals surface area contributed by atoms with Crippen LogP contribution in [0.2, 0.25) is 0 Å². The van der Waals surface area contributed by atoms with Gasteiger partial charge in [-0.3, -0.25) is 14.5 Å². The van der Waals surface area contributed by atoms with Crippen LogP contribution in [0.3, 0.4) is 0 Å². The Hall–Kier alpha value is -2.66. The molecule has 0 radical (unpaired) electrons. The lowest BCUT2D eigenvalue weighted by atomic mass is 10.1. The third-order valence-electron chi connectivity index (χ3n) is 3.96. The molecule has 2 rings (SSSR count). The number of para-hydroxylation sites is 1. The zero-order valence-electron chi connectivity index (χ0n) is 14.2. The monoisotopic (exact) mass is 325 g/mol. The number of hydrogen-bond acceptors (Lipinski definition) is 3. The third-order valence-corrected chi connectivity index (χ3v) is 3.96. The molecule has 3 N–H and O–H groups in total. The van der Waals surface area contributed by atoms with Gasteiger partial charge in [-0.05, 0) is 37.6 Å². The highest BCUT2D eigenvalue weighted by Gasteiger charge is 2.24. The lowest BCUT2D eigenvalue weighted by Crippen LogP contribution is -2.39. The molecule has 0 spiro atoms. The first kappa shape index (κ1) is 17.7. The van der Waals surface area contributed by atoms with Gasteiger partial charge in [0.15, 0.2) is 0 Å². The van der Waals surface area contributed by atoms with E-state index in [4.69, 9.17) is 5.73 Å². The van der Waals surface area contributed by atoms with E-state index in [9.17, 15) is 9.59 Å². The number of likely N-dealkylation sites (N-methyl/N-ethyl adjacent to an activating group) is 1. The molecule has 0 aliphatic carbocycles. The van der Waals surface area contributed by atoms with Crippen LogP contribution in [0.5, 0.6) is 0 Å². The van der Waals surface area contributed by atoms with Gasteiger partial charge in [0.1, 0.15) is 6.04 Å². The molecule has 5 nitrogen and oxygen atoms in total. The van der Waals surface area contributed by atoms with E-state index in [1.165, 1.54) is 0 Å². The normalized spacial score (nSPS) is 12.0. The van der Waals surface area contributed by atoms with Crippen molar-refractivity contribution >= 4 is 17.5 Å². The van der Waals surface area contributed by atoms with Crippen molar-refractivity contribution < 1.29 is 9.59 Å². The average Bonchev–Trinajstić information content (AvgIpc) is 2.52. The van der Waals surface area contributed by atoms with Gasteiger partial charge in [-0.1, -0.05) is 48.5 Å². The summed E-state index contributed by atoms with van der Waals surface area (Å²) in [5.74, 6) is -0.666. The van der Waals surface area contributed by atoms with Crippen LogP contribution < -0.4 is 11.1 Å². The van der Waals surface area contributed by atoms with Gasteiger partial charge in [-0.25, -0.2) is 0 Å². The van der Waals surface area contributed by atoms with Gasteiger partial charge in [0, 0.05) is 5.69 Å². The van der Waals surface area contributed by atoms with Crippen LogP contribution in [-0.4, -0.2) is 30.3 Å². The van der Waals surface area contributed by atoms with Crippen molar-refractivity contribution in [2.24, 2.45) is 5.73 Å². The molecular weight excluding hydrogens is 302 g/mol. The average molecular weight is 325 g/mol. The van der Waals surface area contributed by atoms with Gasteiger partial charge < -0.3 is 11.1 Å². The Labute approximate surface area is 142 Å². The predicted molar refractivity (Wildman–Crippen MR) is 95.6 cm³/mol. The molecule has 0 aliphatic heterocycles. The summed E-state index contributed by atoms with van der Waals surface area (Å²) < 4.78 is 0. The first-order valence-electron chi connectivity index (χ1n) is 7.80. The molecule has 0 saturated heterocycles. The number of benzene rings is 2. The van der Waals surface area contributed by atoms with Crippen LogP contribution in [0.25, 0.3) is 0 Å². The number of primary amides is 1. The Kier molecular flexibility index (Phi) is 5.71. The molecule has 0 heterocycles. The first-order valence-corrected chi connectivity index (χ1v) is 7.80. The van der Waals surface area contributed by atoms with Gasteiger partial charge in [0.25, 0.3) is 0 Å². The molecule has 2 amide bonds.